The largest absolute Gasteiger partial charge is 0.468 e. The van der Waals surface area contributed by atoms with Crippen LogP contribution in [-0.2, 0) is 19.7 Å². The molecule has 0 saturated carbocycles. The number of methoxy groups -OCH3 is 1. The Morgan fingerprint density at radius 2 is 1.89 bits per heavy atom. The first-order valence-electron chi connectivity index (χ1n) is 6.03. The highest BCUT2D eigenvalue weighted by molar-refractivity contribution is 6.08. The Hall–Kier alpha value is -1.84. The van der Waals surface area contributed by atoms with Crippen molar-refractivity contribution >= 4 is 11.9 Å². The molecule has 1 rings (SSSR count). The molecule has 1 aromatic carbocycles. The Bertz CT molecular complexity index is 416. The van der Waals surface area contributed by atoms with Crippen LogP contribution in [0.5, 0.6) is 0 Å². The predicted octanol–water partition coefficient (Wildman–Crippen LogP) is 1.77. The van der Waals surface area contributed by atoms with Crippen LogP contribution in [0.2, 0.25) is 0 Å². The fourth-order valence-electron chi connectivity index (χ4n) is 2.07. The minimum absolute atomic E-state index is 0.371. The fraction of sp³-hybridized carbons (Fsp3) is 0.429. The van der Waals surface area contributed by atoms with E-state index in [4.69, 9.17) is 10.5 Å². The van der Waals surface area contributed by atoms with Crippen molar-refractivity contribution in [3.8, 4) is 0 Å². The second-order valence-electron chi connectivity index (χ2n) is 4.23. The summed E-state index contributed by atoms with van der Waals surface area (Å²) >= 11 is 0. The highest BCUT2D eigenvalue weighted by Crippen LogP contribution is 2.31. The minimum atomic E-state index is -1.37. The number of carbonyl (C=O) groups excluding carboxylic acids is 2. The molecule has 18 heavy (non-hydrogen) atoms. The van der Waals surface area contributed by atoms with Gasteiger partial charge in [0.2, 0.25) is 5.91 Å². The number of hydrogen-bond acceptors (Lipinski definition) is 3. The molecular weight excluding hydrogens is 230 g/mol. The molecule has 0 heterocycles. The van der Waals surface area contributed by atoms with Gasteiger partial charge in [0.1, 0.15) is 0 Å². The van der Waals surface area contributed by atoms with Gasteiger partial charge in [0.15, 0.2) is 5.41 Å². The van der Waals surface area contributed by atoms with E-state index in [0.717, 1.165) is 12.8 Å². The third-order valence-electron chi connectivity index (χ3n) is 3.13. The first-order chi connectivity index (χ1) is 8.59. The molecule has 0 aliphatic rings. The molecule has 4 nitrogen and oxygen atoms in total. The van der Waals surface area contributed by atoms with Gasteiger partial charge in [-0.3, -0.25) is 9.59 Å². The number of rotatable bonds is 6. The fourth-order valence-corrected chi connectivity index (χ4v) is 2.07. The number of hydrogen-bond donors (Lipinski definition) is 1. The smallest absolute Gasteiger partial charge is 0.325 e. The van der Waals surface area contributed by atoms with Crippen LogP contribution in [0.3, 0.4) is 0 Å². The van der Waals surface area contributed by atoms with Crippen molar-refractivity contribution in [1.82, 2.24) is 0 Å². The van der Waals surface area contributed by atoms with Crippen molar-refractivity contribution in [3.63, 3.8) is 0 Å². The minimum Gasteiger partial charge on any atom is -0.468 e. The van der Waals surface area contributed by atoms with Crippen LogP contribution < -0.4 is 5.73 Å². The van der Waals surface area contributed by atoms with E-state index in [0.29, 0.717) is 12.0 Å². The summed E-state index contributed by atoms with van der Waals surface area (Å²) in [7, 11) is 1.27. The van der Waals surface area contributed by atoms with Gasteiger partial charge < -0.3 is 10.5 Å². The van der Waals surface area contributed by atoms with Gasteiger partial charge in [-0.25, -0.2) is 0 Å². The third-order valence-corrected chi connectivity index (χ3v) is 3.13. The number of nitrogens with two attached hydrogens (primary N) is 1. The summed E-state index contributed by atoms with van der Waals surface area (Å²) in [5, 5.41) is 0. The molecule has 1 atom stereocenters. The number of amides is 1. The van der Waals surface area contributed by atoms with Crippen molar-refractivity contribution in [2.75, 3.05) is 7.11 Å². The molecule has 0 aliphatic heterocycles. The predicted molar refractivity (Wildman–Crippen MR) is 68.9 cm³/mol. The normalized spacial score (nSPS) is 13.7. The molecule has 4 heteroatoms. The molecule has 1 aromatic rings. The molecule has 0 aromatic heterocycles. The van der Waals surface area contributed by atoms with Crippen molar-refractivity contribution in [2.24, 2.45) is 5.73 Å². The molecule has 1 amide bonds. The first-order valence-corrected chi connectivity index (χ1v) is 6.03. The van der Waals surface area contributed by atoms with E-state index in [1.165, 1.54) is 7.11 Å². The van der Waals surface area contributed by atoms with E-state index in [-0.39, 0.29) is 0 Å². The molecule has 0 spiro atoms. The van der Waals surface area contributed by atoms with E-state index in [1.807, 2.05) is 13.0 Å². The number of carbonyl (C=O) groups is 2. The van der Waals surface area contributed by atoms with Crippen LogP contribution in [0.25, 0.3) is 0 Å². The molecule has 0 bridgehead atoms. The average Bonchev–Trinajstić information content (AvgIpc) is 2.40. The average molecular weight is 249 g/mol. The van der Waals surface area contributed by atoms with Crippen LogP contribution in [0, 0.1) is 0 Å². The lowest BCUT2D eigenvalue weighted by atomic mass is 9.75. The van der Waals surface area contributed by atoms with Crippen molar-refractivity contribution < 1.29 is 14.3 Å². The lowest BCUT2D eigenvalue weighted by Crippen LogP contribution is -2.48. The summed E-state index contributed by atoms with van der Waals surface area (Å²) in [6, 6.07) is 8.85. The summed E-state index contributed by atoms with van der Waals surface area (Å²) in [5.41, 5.74) is 4.71. The molecular formula is C14H19NO3. The van der Waals surface area contributed by atoms with Gasteiger partial charge in [-0.1, -0.05) is 50.1 Å². The quantitative estimate of drug-likeness (QED) is 0.617. The van der Waals surface area contributed by atoms with E-state index in [1.54, 1.807) is 24.3 Å². The maximum Gasteiger partial charge on any atom is 0.325 e. The number of primary amides is 1. The van der Waals surface area contributed by atoms with Crippen LogP contribution in [0.4, 0.5) is 0 Å². The third kappa shape index (κ3) is 2.53. The second kappa shape index (κ2) is 6.19. The molecule has 98 valence electrons. The van der Waals surface area contributed by atoms with Gasteiger partial charge in [-0.15, -0.1) is 0 Å². The molecule has 0 fully saturated rings. The number of unbranched alkanes of at least 4 members (excludes halogenated alkanes) is 1. The summed E-state index contributed by atoms with van der Waals surface area (Å²) in [5.74, 6) is -1.25. The van der Waals surface area contributed by atoms with E-state index >= 15 is 0 Å². The highest BCUT2D eigenvalue weighted by Gasteiger charge is 2.46. The maximum absolute atomic E-state index is 12.1. The zero-order chi connectivity index (χ0) is 13.6. The lowest BCUT2D eigenvalue weighted by molar-refractivity contribution is -0.152. The first kappa shape index (κ1) is 14.2. The van der Waals surface area contributed by atoms with Crippen LogP contribution in [0.1, 0.15) is 31.7 Å². The van der Waals surface area contributed by atoms with Gasteiger partial charge in [-0.05, 0) is 12.0 Å². The summed E-state index contributed by atoms with van der Waals surface area (Å²) in [6.07, 6.45) is 1.97. The van der Waals surface area contributed by atoms with Gasteiger partial charge in [0.05, 0.1) is 7.11 Å². The van der Waals surface area contributed by atoms with Crippen molar-refractivity contribution in [1.29, 1.82) is 0 Å². The molecule has 0 aliphatic carbocycles. The monoisotopic (exact) mass is 249 g/mol. The van der Waals surface area contributed by atoms with Crippen molar-refractivity contribution in [2.45, 2.75) is 31.6 Å². The number of benzene rings is 1. The van der Waals surface area contributed by atoms with Crippen LogP contribution in [0.15, 0.2) is 30.3 Å². The Kier molecular flexibility index (Phi) is 4.89. The molecule has 0 unspecified atom stereocenters. The Balaban J connectivity index is 3.29. The van der Waals surface area contributed by atoms with Gasteiger partial charge in [0, 0.05) is 0 Å². The standard InChI is InChI=1S/C14H19NO3/c1-3-4-10-14(12(15)16,13(17)18-2)11-8-6-5-7-9-11/h5-9H,3-4,10H2,1-2H3,(H2,15,16)/t14-/m0/s1. The lowest BCUT2D eigenvalue weighted by Gasteiger charge is -2.28. The Morgan fingerprint density at radius 1 is 1.28 bits per heavy atom. The van der Waals surface area contributed by atoms with Gasteiger partial charge in [-0.2, -0.15) is 0 Å². The summed E-state index contributed by atoms with van der Waals surface area (Å²) in [4.78, 5) is 23.9. The van der Waals surface area contributed by atoms with Gasteiger partial charge in [0.25, 0.3) is 0 Å². The van der Waals surface area contributed by atoms with Crippen molar-refractivity contribution in [3.05, 3.63) is 35.9 Å². The summed E-state index contributed by atoms with van der Waals surface area (Å²) < 4.78 is 4.79. The summed E-state index contributed by atoms with van der Waals surface area (Å²) in [6.45, 7) is 1.99. The maximum atomic E-state index is 12.1. The van der Waals surface area contributed by atoms with E-state index in [9.17, 15) is 9.59 Å². The zero-order valence-corrected chi connectivity index (χ0v) is 10.8. The Morgan fingerprint density at radius 3 is 2.33 bits per heavy atom. The SMILES string of the molecule is CCCC[C@](C(N)=O)(C(=O)OC)c1ccccc1. The number of esters is 1. The molecule has 0 saturated heterocycles. The zero-order valence-electron chi connectivity index (χ0n) is 10.8. The van der Waals surface area contributed by atoms with Gasteiger partial charge >= 0.3 is 5.97 Å². The molecule has 0 radical (unpaired) electrons. The van der Waals surface area contributed by atoms with Crippen LogP contribution >= 0.6 is 0 Å². The molecule has 2 N–H and O–H groups in total. The Labute approximate surface area is 107 Å². The second-order valence-corrected chi connectivity index (χ2v) is 4.23. The number of ether oxygens (including phenoxy) is 1. The van der Waals surface area contributed by atoms with E-state index in [2.05, 4.69) is 0 Å². The highest BCUT2D eigenvalue weighted by atomic mass is 16.5. The van der Waals surface area contributed by atoms with E-state index < -0.39 is 17.3 Å². The topological polar surface area (TPSA) is 69.4 Å². The van der Waals surface area contributed by atoms with Crippen LogP contribution in [-0.4, -0.2) is 19.0 Å².